The van der Waals surface area contributed by atoms with Gasteiger partial charge in [0.25, 0.3) is 11.8 Å². The number of nitrogens with two attached hydrogens (primary N) is 2. The van der Waals surface area contributed by atoms with Crippen LogP contribution >= 0.6 is 69.8 Å². The van der Waals surface area contributed by atoms with Crippen molar-refractivity contribution in [3.63, 3.8) is 0 Å². The monoisotopic (exact) mass is 836 g/mol. The highest BCUT2D eigenvalue weighted by Gasteiger charge is 2.25. The summed E-state index contributed by atoms with van der Waals surface area (Å²) in [5, 5.41) is 10.5. The van der Waals surface area contributed by atoms with Gasteiger partial charge in [-0.1, -0.05) is 97.0 Å². The second kappa shape index (κ2) is 19.4. The molecule has 2 unspecified atom stereocenters. The van der Waals surface area contributed by atoms with Gasteiger partial charge in [0.15, 0.2) is 0 Å². The molecule has 0 saturated heterocycles. The first kappa shape index (κ1) is 41.0. The van der Waals surface area contributed by atoms with Gasteiger partial charge in [-0.2, -0.15) is 8.75 Å². The number of benzene rings is 2. The minimum absolute atomic E-state index is 0.146. The van der Waals surface area contributed by atoms with Gasteiger partial charge in [-0.25, -0.2) is 9.97 Å². The Labute approximate surface area is 341 Å². The smallest absolute Gasteiger partial charge is 0.254 e. The number of hydrogen-bond acceptors (Lipinski definition) is 12. The van der Waals surface area contributed by atoms with Crippen molar-refractivity contribution in [2.24, 2.45) is 11.5 Å². The summed E-state index contributed by atoms with van der Waals surface area (Å²) >= 11 is 17.5. The number of hydrogen-bond donors (Lipinski definition) is 4. The number of aromatic nitrogens is 4. The van der Waals surface area contributed by atoms with Crippen molar-refractivity contribution >= 4 is 103 Å². The Kier molecular flexibility index (Phi) is 14.7. The van der Waals surface area contributed by atoms with Gasteiger partial charge >= 0.3 is 0 Å². The van der Waals surface area contributed by atoms with Crippen LogP contribution in [0, 0.1) is 13.8 Å². The predicted octanol–water partition coefficient (Wildman–Crippen LogP) is 11.2. The molecule has 16 heteroatoms. The number of amides is 2. The number of nitrogens with one attached hydrogen (secondary N) is 2. The Morgan fingerprint density at radius 2 is 1.19 bits per heavy atom. The highest BCUT2D eigenvalue weighted by molar-refractivity contribution is 7.99. The Balaban J connectivity index is 0.000000208. The van der Waals surface area contributed by atoms with Gasteiger partial charge in [0.1, 0.15) is 42.8 Å². The summed E-state index contributed by atoms with van der Waals surface area (Å²) in [7, 11) is 0. The molecular formula is C38H38Cl2N8O2S4. The van der Waals surface area contributed by atoms with E-state index in [-0.39, 0.29) is 10.5 Å². The van der Waals surface area contributed by atoms with Crippen molar-refractivity contribution in [2.75, 3.05) is 10.6 Å². The zero-order valence-electron chi connectivity index (χ0n) is 29.8. The Bertz CT molecular complexity index is 2180. The van der Waals surface area contributed by atoms with E-state index >= 15 is 0 Å². The lowest BCUT2D eigenvalue weighted by Crippen LogP contribution is -2.13. The highest BCUT2D eigenvalue weighted by atomic mass is 35.5. The van der Waals surface area contributed by atoms with E-state index in [1.165, 1.54) is 46.6 Å². The van der Waals surface area contributed by atoms with Gasteiger partial charge in [-0.15, -0.1) is 0 Å². The van der Waals surface area contributed by atoms with Crippen molar-refractivity contribution in [1.29, 1.82) is 0 Å². The number of nitrogens with zero attached hydrogens (tertiary/aromatic N) is 4. The normalized spacial score (nSPS) is 12.0. The summed E-state index contributed by atoms with van der Waals surface area (Å²) in [6, 6.07) is 24.9. The Hall–Kier alpha value is -4.18. The largest absolute Gasteiger partial charge is 0.365 e. The first-order chi connectivity index (χ1) is 25.9. The van der Waals surface area contributed by atoms with Gasteiger partial charge in [0.2, 0.25) is 0 Å². The van der Waals surface area contributed by atoms with E-state index in [2.05, 4.69) is 43.2 Å². The molecule has 0 bridgehead atoms. The molecule has 4 heterocycles. The molecule has 6 rings (SSSR count). The van der Waals surface area contributed by atoms with Crippen LogP contribution in [0.1, 0.15) is 80.3 Å². The van der Waals surface area contributed by atoms with Crippen LogP contribution in [0.25, 0.3) is 0 Å². The van der Waals surface area contributed by atoms with Crippen LogP contribution in [0.2, 0.25) is 10.0 Å². The van der Waals surface area contributed by atoms with E-state index in [9.17, 15) is 9.59 Å². The average Bonchev–Trinajstić information content (AvgIpc) is 3.74. The van der Waals surface area contributed by atoms with E-state index in [0.29, 0.717) is 52.9 Å². The molecular weight excluding hydrogens is 800 g/mol. The molecule has 0 aliphatic rings. The number of carbonyl (C=O) groups excluding carboxylic acids is 2. The fourth-order valence-corrected chi connectivity index (χ4v) is 9.56. The highest BCUT2D eigenvalue weighted by Crippen LogP contribution is 2.44. The molecule has 280 valence electrons. The summed E-state index contributed by atoms with van der Waals surface area (Å²) in [5.74, 6) is 0.287. The molecule has 0 spiro atoms. The fraction of sp³-hybridized carbons (Fsp3) is 0.211. The molecule has 0 aliphatic heterocycles. The third kappa shape index (κ3) is 11.0. The molecule has 2 atom stereocenters. The van der Waals surface area contributed by atoms with Crippen molar-refractivity contribution < 1.29 is 9.59 Å². The van der Waals surface area contributed by atoms with E-state index < -0.39 is 11.8 Å². The second-order valence-corrected chi connectivity index (χ2v) is 16.7. The Morgan fingerprint density at radius 1 is 0.704 bits per heavy atom. The molecule has 2 amide bonds. The van der Waals surface area contributed by atoms with E-state index in [1.54, 1.807) is 6.20 Å². The van der Waals surface area contributed by atoms with Crippen LogP contribution in [0.4, 0.5) is 21.6 Å². The number of aryl methyl sites for hydroxylation is 2. The number of rotatable bonds is 14. The molecule has 0 fully saturated rings. The average molecular weight is 838 g/mol. The van der Waals surface area contributed by atoms with E-state index in [1.807, 2.05) is 92.7 Å². The minimum Gasteiger partial charge on any atom is -0.365 e. The first-order valence-electron chi connectivity index (χ1n) is 16.8. The fourth-order valence-electron chi connectivity index (χ4n) is 5.10. The number of halogens is 2. The van der Waals surface area contributed by atoms with Crippen molar-refractivity contribution in [3.8, 4) is 0 Å². The molecule has 6 aromatic rings. The van der Waals surface area contributed by atoms with Gasteiger partial charge in [0.05, 0.1) is 0 Å². The molecule has 0 radical (unpaired) electrons. The van der Waals surface area contributed by atoms with Crippen LogP contribution < -0.4 is 22.1 Å². The second-order valence-electron chi connectivity index (χ2n) is 11.9. The predicted molar refractivity (Wildman–Crippen MR) is 226 cm³/mol. The number of thioether (sulfide) groups is 2. The summed E-state index contributed by atoms with van der Waals surface area (Å²) in [6.45, 7) is 8.07. The van der Waals surface area contributed by atoms with Crippen LogP contribution in [0.15, 0.2) is 95.1 Å². The lowest BCUT2D eigenvalue weighted by atomic mass is 10.1. The maximum Gasteiger partial charge on any atom is 0.254 e. The van der Waals surface area contributed by atoms with Crippen LogP contribution in [0.5, 0.6) is 0 Å². The molecule has 10 nitrogen and oxygen atoms in total. The van der Waals surface area contributed by atoms with Crippen molar-refractivity contribution in [3.05, 3.63) is 129 Å². The van der Waals surface area contributed by atoms with Crippen LogP contribution in [0.3, 0.4) is 0 Å². The third-order valence-electron chi connectivity index (χ3n) is 7.83. The zero-order chi connectivity index (χ0) is 38.8. The maximum absolute atomic E-state index is 12.1. The number of carbonyl (C=O) groups is 2. The Morgan fingerprint density at radius 3 is 1.59 bits per heavy atom. The van der Waals surface area contributed by atoms with Crippen LogP contribution in [-0.2, 0) is 0 Å². The lowest BCUT2D eigenvalue weighted by molar-refractivity contribution is 0.0990. The van der Waals surface area contributed by atoms with Crippen molar-refractivity contribution in [1.82, 2.24) is 18.7 Å². The third-order valence-corrected chi connectivity index (χ3v) is 12.9. The molecule has 0 saturated carbocycles. The van der Waals surface area contributed by atoms with Gasteiger partial charge < -0.3 is 22.1 Å². The van der Waals surface area contributed by atoms with Gasteiger partial charge in [0, 0.05) is 32.4 Å². The first-order valence-corrected chi connectivity index (χ1v) is 20.8. The van der Waals surface area contributed by atoms with Crippen molar-refractivity contribution in [2.45, 2.75) is 61.1 Å². The van der Waals surface area contributed by atoms with Gasteiger partial charge in [-0.3, -0.25) is 9.59 Å². The molecule has 0 aliphatic carbocycles. The van der Waals surface area contributed by atoms with Gasteiger partial charge in [-0.05, 0) is 109 Å². The topological polar surface area (TPSA) is 162 Å². The summed E-state index contributed by atoms with van der Waals surface area (Å²) in [5.41, 5.74) is 16.3. The molecule has 6 N–H and O–H groups in total. The summed E-state index contributed by atoms with van der Waals surface area (Å²) < 4.78 is 8.94. The minimum atomic E-state index is -0.508. The van der Waals surface area contributed by atoms with Crippen LogP contribution in [-0.4, -0.2) is 30.5 Å². The maximum atomic E-state index is 12.1. The summed E-state index contributed by atoms with van der Waals surface area (Å²) in [6.07, 6.45) is 3.52. The number of anilines is 4. The SMILES string of the molecule is CCC(Sc1nsc(Nc2ccc(C)cn2)c1C(N)=O)c1ccc(Cl)cc1.CCC(Sc1nsc(Nc2cccc(C)n2)c1C(N)=O)c1ccc(Cl)cc1. The quantitative estimate of drug-likeness (QED) is 0.0777. The molecule has 4 aromatic heterocycles. The number of pyridine rings is 2. The molecule has 54 heavy (non-hydrogen) atoms. The number of primary amides is 2. The standard InChI is InChI=1S/2C19H19ClN4OS2/c1-3-14(12-5-7-13(20)8-6-12)26-19-16(17(21)25)18(27-24-19)23-15-9-4-11(2)10-22-15;1-3-14(12-7-9-13(20)10-8-12)26-19-16(17(21)25)18(27-24-19)23-15-6-4-5-11(2)22-15/h2*4-10,14H,3H2,1-2H3,(H2,21,25)(H,22,23). The zero-order valence-corrected chi connectivity index (χ0v) is 34.6. The summed E-state index contributed by atoms with van der Waals surface area (Å²) in [4.78, 5) is 32.9. The van der Waals surface area contributed by atoms with E-state index in [4.69, 9.17) is 34.7 Å². The molecule has 2 aromatic carbocycles. The van der Waals surface area contributed by atoms with E-state index in [0.717, 1.165) is 35.2 Å². The lowest BCUT2D eigenvalue weighted by Gasteiger charge is -2.14.